The van der Waals surface area contributed by atoms with Gasteiger partial charge in [0.2, 0.25) is 53.2 Å². The average Bonchev–Trinajstić information content (AvgIpc) is 4.30. The number of phenolic OH excluding ortho intramolecular Hbond substituents is 1. The number of carboxylic acids is 1. The molecule has 26 heteroatoms. The molecule has 1 aromatic rings. The molecule has 4 heterocycles. The number of hydrogen-bond donors (Lipinski definition) is 12. The lowest BCUT2D eigenvalue weighted by atomic mass is 9.97. The number of carboxylic acid groups (broad SMARTS) is 1. The van der Waals surface area contributed by atoms with Crippen LogP contribution in [0.15, 0.2) is 24.3 Å². The van der Waals surface area contributed by atoms with Crippen molar-refractivity contribution >= 4 is 59.1 Å². The van der Waals surface area contributed by atoms with Gasteiger partial charge in [-0.1, -0.05) is 38.8 Å². The van der Waals surface area contributed by atoms with Gasteiger partial charge in [-0.05, 0) is 127 Å². The van der Waals surface area contributed by atoms with E-state index in [1.54, 1.807) is 13.8 Å². The zero-order valence-electron chi connectivity index (χ0n) is 46.4. The first-order valence-corrected chi connectivity index (χ1v) is 28.4. The fourth-order valence-electron chi connectivity index (χ4n) is 11.0. The maximum Gasteiger partial charge on any atom is 0.326 e. The van der Waals surface area contributed by atoms with Crippen LogP contribution >= 0.6 is 0 Å². The quantitative estimate of drug-likeness (QED) is 0.0366. The van der Waals surface area contributed by atoms with E-state index >= 15 is 0 Å². The Morgan fingerprint density at radius 1 is 0.588 bits per heavy atom. The number of hydrogen-bond acceptors (Lipinski definition) is 16. The van der Waals surface area contributed by atoms with Gasteiger partial charge in [-0.15, -0.1) is 0 Å². The van der Waals surface area contributed by atoms with E-state index in [1.807, 2.05) is 0 Å². The van der Waals surface area contributed by atoms with Crippen LogP contribution in [0.25, 0.3) is 0 Å². The van der Waals surface area contributed by atoms with Crippen LogP contribution in [0.5, 0.6) is 5.75 Å². The Kier molecular flexibility index (Phi) is 24.9. The molecule has 4 aliphatic heterocycles. The summed E-state index contributed by atoms with van der Waals surface area (Å²) < 4.78 is 0. The number of benzene rings is 1. The van der Waals surface area contributed by atoms with Crippen LogP contribution in [0.4, 0.5) is 0 Å². The van der Waals surface area contributed by atoms with Crippen LogP contribution in [-0.4, -0.2) is 212 Å². The molecule has 0 saturated carbocycles. The smallest absolute Gasteiger partial charge is 0.326 e. The van der Waals surface area contributed by atoms with E-state index < -0.39 is 138 Å². The van der Waals surface area contributed by atoms with E-state index in [2.05, 4.69) is 26.6 Å². The normalized spacial score (nSPS) is 22.1. The second kappa shape index (κ2) is 30.9. The summed E-state index contributed by atoms with van der Waals surface area (Å²) in [5.41, 5.74) is 18.1. The predicted octanol–water partition coefficient (Wildman–Crippen LogP) is -2.59. The molecular formula is C54H86N12O14. The van der Waals surface area contributed by atoms with Gasteiger partial charge in [0.1, 0.15) is 60.1 Å². The monoisotopic (exact) mass is 1130 g/mol. The zero-order chi connectivity index (χ0) is 58.8. The van der Waals surface area contributed by atoms with Crippen LogP contribution in [0.3, 0.4) is 0 Å². The number of aliphatic hydroxyl groups is 2. The number of likely N-dealkylation sites (tertiary alicyclic amines) is 4. The number of aromatic hydroxyl groups is 1. The fraction of sp³-hybridized carbons (Fsp3) is 0.704. The average molecular weight is 1130 g/mol. The van der Waals surface area contributed by atoms with Gasteiger partial charge in [0.25, 0.3) is 0 Å². The van der Waals surface area contributed by atoms with Gasteiger partial charge < -0.3 is 83.8 Å². The second-order valence-electron chi connectivity index (χ2n) is 21.6. The fourth-order valence-corrected chi connectivity index (χ4v) is 11.0. The van der Waals surface area contributed by atoms with E-state index in [-0.39, 0.29) is 70.6 Å². The highest BCUT2D eigenvalue weighted by atomic mass is 16.4. The summed E-state index contributed by atoms with van der Waals surface area (Å²) in [4.78, 5) is 143. The number of nitrogens with zero attached hydrogens (tertiary/aromatic N) is 4. The number of nitrogens with one attached hydrogen (secondary N) is 5. The van der Waals surface area contributed by atoms with Gasteiger partial charge in [-0.25, -0.2) is 4.79 Å². The van der Waals surface area contributed by atoms with Gasteiger partial charge in [0.15, 0.2) is 0 Å². The zero-order valence-corrected chi connectivity index (χ0v) is 46.4. The largest absolute Gasteiger partial charge is 0.508 e. The molecule has 4 fully saturated rings. The summed E-state index contributed by atoms with van der Waals surface area (Å²) in [6.07, 6.45) is 4.10. The number of rotatable bonds is 29. The highest BCUT2D eigenvalue weighted by molar-refractivity contribution is 5.99. The lowest BCUT2D eigenvalue weighted by Gasteiger charge is -2.35. The highest BCUT2D eigenvalue weighted by Gasteiger charge is 2.47. The number of carbonyl (C=O) groups excluding carboxylic acids is 9. The molecule has 0 unspecified atom stereocenters. The van der Waals surface area contributed by atoms with Gasteiger partial charge in [0.05, 0.1) is 18.8 Å². The number of amides is 9. The number of carbonyl (C=O) groups is 10. The summed E-state index contributed by atoms with van der Waals surface area (Å²) in [5.74, 6) is -7.93. The molecule has 26 nitrogen and oxygen atoms in total. The number of aliphatic hydroxyl groups excluding tert-OH is 2. The Hall–Kier alpha value is -6.48. The minimum absolute atomic E-state index is 0.0110. The van der Waals surface area contributed by atoms with E-state index in [0.717, 1.165) is 0 Å². The van der Waals surface area contributed by atoms with Crippen molar-refractivity contribution in [3.8, 4) is 5.75 Å². The van der Waals surface area contributed by atoms with Crippen molar-refractivity contribution in [1.29, 1.82) is 0 Å². The molecule has 4 aliphatic rings. The van der Waals surface area contributed by atoms with Gasteiger partial charge in [0, 0.05) is 32.6 Å². The van der Waals surface area contributed by atoms with Crippen molar-refractivity contribution in [2.24, 2.45) is 23.1 Å². The SMILES string of the molecule is CC[C@H](C)[C@H](NC(=O)[C@H](CO)NC(=O)[C@@H]1CCCN1C(=O)[C@@H](N)CCCCN)C(=O)N[C@@H](CCCCN)C(=O)N1CCC[C@H]1C(=O)N[C@H](C(=O)N1CCC[C@H]1C(=O)N1CCC[C@H]1C(=O)N[C@@H](Cc1ccc(O)cc1)C(=O)O)[C@@H](C)O. The summed E-state index contributed by atoms with van der Waals surface area (Å²) in [6.45, 7) is 5.30. The van der Waals surface area contributed by atoms with Crippen LogP contribution in [0, 0.1) is 5.92 Å². The van der Waals surface area contributed by atoms with Crippen molar-refractivity contribution in [2.75, 3.05) is 45.9 Å². The molecule has 0 spiro atoms. The third-order valence-electron chi connectivity index (χ3n) is 15.8. The third kappa shape index (κ3) is 16.8. The predicted molar refractivity (Wildman–Crippen MR) is 290 cm³/mol. The first-order chi connectivity index (χ1) is 38.2. The van der Waals surface area contributed by atoms with E-state index in [9.17, 15) is 68.4 Å². The summed E-state index contributed by atoms with van der Waals surface area (Å²) in [6, 6.07) is -6.07. The maximum absolute atomic E-state index is 14.6. The number of unbranched alkanes of at least 4 members (excludes halogenated alkanes) is 2. The van der Waals surface area contributed by atoms with Crippen molar-refractivity contribution in [2.45, 2.75) is 190 Å². The molecule has 0 aliphatic carbocycles. The Balaban J connectivity index is 1.24. The number of phenols is 1. The lowest BCUT2D eigenvalue weighted by Crippen LogP contribution is -2.62. The third-order valence-corrected chi connectivity index (χ3v) is 15.8. The standard InChI is InChI=1S/C54H86N12O14/c1-4-31(2)43(61-45(70)38(30-67)60-47(72)39-15-9-25-63(39)50(75)35(57)13-5-7-23-55)49(74)58-36(14-6-8-24-56)51(76)64-26-10-17-41(64)48(73)62-44(32(3)68)53(78)66-28-12-18-42(66)52(77)65-27-11-16-40(65)46(71)59-37(54(79)80)29-33-19-21-34(69)22-20-33/h19-22,31-32,35-44,67-69H,4-18,23-30,55-57H2,1-3H3,(H,58,74)(H,59,71)(H,60,72)(H,61,70)(H,62,73)(H,79,80)/t31-,32+,35-,36-,37-,38-,39-,40-,41-,42-,43-,44-/m0/s1. The highest BCUT2D eigenvalue weighted by Crippen LogP contribution is 2.28. The van der Waals surface area contributed by atoms with Crippen LogP contribution < -0.4 is 43.8 Å². The molecule has 5 rings (SSSR count). The molecule has 12 atom stereocenters. The molecule has 0 aromatic heterocycles. The minimum atomic E-state index is -1.57. The van der Waals surface area contributed by atoms with E-state index in [4.69, 9.17) is 17.2 Å². The van der Waals surface area contributed by atoms with Crippen LogP contribution in [0.2, 0.25) is 0 Å². The Bertz CT molecular complexity index is 2330. The van der Waals surface area contributed by atoms with Crippen LogP contribution in [0.1, 0.15) is 123 Å². The Labute approximate surface area is 467 Å². The number of aliphatic carboxylic acids is 1. The summed E-state index contributed by atoms with van der Waals surface area (Å²) in [7, 11) is 0. The minimum Gasteiger partial charge on any atom is -0.508 e. The van der Waals surface area contributed by atoms with E-state index in [0.29, 0.717) is 82.7 Å². The molecule has 0 radical (unpaired) electrons. The molecule has 80 heavy (non-hydrogen) atoms. The molecular weight excluding hydrogens is 1040 g/mol. The lowest BCUT2D eigenvalue weighted by molar-refractivity contribution is -0.150. The Morgan fingerprint density at radius 3 is 1.60 bits per heavy atom. The summed E-state index contributed by atoms with van der Waals surface area (Å²) >= 11 is 0. The summed E-state index contributed by atoms with van der Waals surface area (Å²) in [5, 5.41) is 54.1. The van der Waals surface area contributed by atoms with Crippen LogP contribution in [-0.2, 0) is 54.4 Å². The number of nitrogens with two attached hydrogens (primary N) is 3. The van der Waals surface area contributed by atoms with Gasteiger partial charge >= 0.3 is 5.97 Å². The van der Waals surface area contributed by atoms with Gasteiger partial charge in [-0.3, -0.25) is 43.2 Å². The van der Waals surface area contributed by atoms with Crippen molar-refractivity contribution in [3.05, 3.63) is 29.8 Å². The molecule has 9 amide bonds. The second-order valence-corrected chi connectivity index (χ2v) is 21.6. The molecule has 0 bridgehead atoms. The first kappa shape index (κ1) is 64.3. The van der Waals surface area contributed by atoms with Crippen molar-refractivity contribution in [3.63, 3.8) is 0 Å². The van der Waals surface area contributed by atoms with E-state index in [1.165, 1.54) is 50.8 Å². The van der Waals surface area contributed by atoms with Crippen molar-refractivity contribution in [1.82, 2.24) is 46.2 Å². The first-order valence-electron chi connectivity index (χ1n) is 28.4. The topological polar surface area (TPSA) is 403 Å². The Morgan fingerprint density at radius 2 is 1.07 bits per heavy atom. The maximum atomic E-state index is 14.6. The molecule has 1 aromatic carbocycles. The molecule has 4 saturated heterocycles. The van der Waals surface area contributed by atoms with Crippen molar-refractivity contribution < 1.29 is 68.4 Å². The molecule has 15 N–H and O–H groups in total. The molecule has 446 valence electrons. The van der Waals surface area contributed by atoms with Gasteiger partial charge in [-0.2, -0.15) is 0 Å².